The van der Waals surface area contributed by atoms with E-state index >= 15 is 0 Å². The second-order valence-corrected chi connectivity index (χ2v) is 10.6. The summed E-state index contributed by atoms with van der Waals surface area (Å²) in [5, 5.41) is 8.03. The van der Waals surface area contributed by atoms with Crippen molar-refractivity contribution >= 4 is 45.9 Å². The zero-order valence-corrected chi connectivity index (χ0v) is 24.4. The summed E-state index contributed by atoms with van der Waals surface area (Å²) < 4.78 is 10.3. The van der Waals surface area contributed by atoms with E-state index in [2.05, 4.69) is 10.5 Å². The summed E-state index contributed by atoms with van der Waals surface area (Å²) in [5.74, 6) is -1.49. The van der Waals surface area contributed by atoms with Crippen LogP contribution in [0.5, 0.6) is 0 Å². The zero-order chi connectivity index (χ0) is 30.5. The second kappa shape index (κ2) is 13.0. The van der Waals surface area contributed by atoms with Gasteiger partial charge >= 0.3 is 5.97 Å². The lowest BCUT2D eigenvalue weighted by atomic mass is 9.97. The summed E-state index contributed by atoms with van der Waals surface area (Å²) in [7, 11) is 3.04. The number of rotatable bonds is 10. The number of likely N-dealkylation sites (N-methyl/N-ethyl adjacent to an activating group) is 1. The van der Waals surface area contributed by atoms with Crippen molar-refractivity contribution in [3.8, 4) is 0 Å². The van der Waals surface area contributed by atoms with Crippen molar-refractivity contribution in [1.82, 2.24) is 10.5 Å². The molecule has 0 aliphatic carbocycles. The number of aromatic nitrogens is 1. The Kier molecular flexibility index (Phi) is 8.96. The van der Waals surface area contributed by atoms with Gasteiger partial charge in [-0.3, -0.25) is 14.4 Å². The van der Waals surface area contributed by atoms with Gasteiger partial charge in [0, 0.05) is 23.9 Å². The molecule has 2 amide bonds. The lowest BCUT2D eigenvalue weighted by molar-refractivity contribution is -0.123. The third-order valence-electron chi connectivity index (χ3n) is 7.93. The van der Waals surface area contributed by atoms with Gasteiger partial charge in [0.1, 0.15) is 11.5 Å². The van der Waals surface area contributed by atoms with Crippen LogP contribution in [0.3, 0.4) is 0 Å². The Morgan fingerprint density at radius 3 is 2.40 bits per heavy atom. The van der Waals surface area contributed by atoms with E-state index in [0.29, 0.717) is 53.0 Å². The predicted molar refractivity (Wildman–Crippen MR) is 162 cm³/mol. The summed E-state index contributed by atoms with van der Waals surface area (Å²) in [5.41, 5.74) is 3.06. The van der Waals surface area contributed by atoms with Gasteiger partial charge in [-0.05, 0) is 75.3 Å². The number of hydrogen-bond acceptors (Lipinski definition) is 8. The second-order valence-electron chi connectivity index (χ2n) is 10.6. The van der Waals surface area contributed by atoms with Crippen molar-refractivity contribution in [2.24, 2.45) is 5.92 Å². The molecule has 2 heterocycles. The molecule has 3 aromatic carbocycles. The van der Waals surface area contributed by atoms with E-state index in [1.165, 1.54) is 7.11 Å². The third kappa shape index (κ3) is 6.19. The first kappa shape index (κ1) is 29.7. The quantitative estimate of drug-likeness (QED) is 0.265. The molecule has 10 heteroatoms. The molecule has 2 atom stereocenters. The minimum absolute atomic E-state index is 0.0661. The summed E-state index contributed by atoms with van der Waals surface area (Å²) in [6.07, 6.45) is 1.22. The molecular formula is C33H34N4O6. The third-order valence-corrected chi connectivity index (χ3v) is 7.93. The Balaban J connectivity index is 1.51. The molecule has 1 aliphatic heterocycles. The highest BCUT2D eigenvalue weighted by molar-refractivity contribution is 6.11. The van der Waals surface area contributed by atoms with Crippen LogP contribution in [0.4, 0.5) is 11.4 Å². The van der Waals surface area contributed by atoms with Crippen LogP contribution in [0.1, 0.15) is 52.6 Å². The van der Waals surface area contributed by atoms with Gasteiger partial charge in [0.05, 0.1) is 42.6 Å². The van der Waals surface area contributed by atoms with Crippen LogP contribution in [-0.2, 0) is 20.9 Å². The molecule has 1 aliphatic rings. The van der Waals surface area contributed by atoms with Crippen molar-refractivity contribution in [3.63, 3.8) is 0 Å². The molecule has 5 rings (SSSR count). The van der Waals surface area contributed by atoms with Gasteiger partial charge in [-0.1, -0.05) is 29.4 Å². The van der Waals surface area contributed by atoms with E-state index in [1.807, 2.05) is 55.5 Å². The van der Waals surface area contributed by atoms with Crippen molar-refractivity contribution in [1.29, 1.82) is 0 Å². The molecule has 2 unspecified atom stereocenters. The number of para-hydroxylation sites is 3. The van der Waals surface area contributed by atoms with Crippen LogP contribution in [0.2, 0.25) is 0 Å². The average Bonchev–Trinajstić information content (AvgIpc) is 3.41. The van der Waals surface area contributed by atoms with Gasteiger partial charge in [0.25, 0.3) is 5.91 Å². The maximum atomic E-state index is 14.3. The molecular weight excluding hydrogens is 548 g/mol. The topological polar surface area (TPSA) is 122 Å². The first-order valence-corrected chi connectivity index (χ1v) is 14.3. The summed E-state index contributed by atoms with van der Waals surface area (Å²) in [6.45, 7) is 2.08. The van der Waals surface area contributed by atoms with Gasteiger partial charge in [0.2, 0.25) is 5.91 Å². The number of carbonyl (C=O) groups is 4. The molecule has 43 heavy (non-hydrogen) atoms. The van der Waals surface area contributed by atoms with Crippen molar-refractivity contribution in [2.45, 2.75) is 38.8 Å². The van der Waals surface area contributed by atoms with Crippen LogP contribution in [-0.4, -0.2) is 55.5 Å². The fourth-order valence-corrected chi connectivity index (χ4v) is 5.35. The van der Waals surface area contributed by atoms with Crippen LogP contribution in [0.15, 0.2) is 77.3 Å². The van der Waals surface area contributed by atoms with Gasteiger partial charge < -0.3 is 24.4 Å². The fraction of sp³-hybridized carbons (Fsp3) is 0.303. The van der Waals surface area contributed by atoms with E-state index in [4.69, 9.17) is 9.26 Å². The average molecular weight is 583 g/mol. The Hall–Kier alpha value is -4.83. The highest BCUT2D eigenvalue weighted by Gasteiger charge is 2.37. The number of methoxy groups -OCH3 is 1. The smallest absolute Gasteiger partial charge is 0.337 e. The van der Waals surface area contributed by atoms with Crippen molar-refractivity contribution < 1.29 is 28.4 Å². The summed E-state index contributed by atoms with van der Waals surface area (Å²) in [6, 6.07) is 20.7. The number of anilines is 2. The number of Topliss-reactive ketones (excluding diaryl/α,β-unsaturated/α-hetero) is 1. The highest BCUT2D eigenvalue weighted by Crippen LogP contribution is 2.37. The van der Waals surface area contributed by atoms with Gasteiger partial charge in [-0.15, -0.1) is 0 Å². The normalized spacial score (nSPS) is 15.6. The maximum absolute atomic E-state index is 14.3. The number of amides is 2. The molecule has 0 fully saturated rings. The Labute approximate surface area is 249 Å². The minimum Gasteiger partial charge on any atom is -0.465 e. The number of fused-ring (bicyclic) bond motifs is 2. The van der Waals surface area contributed by atoms with Crippen LogP contribution < -0.4 is 15.1 Å². The zero-order valence-electron chi connectivity index (χ0n) is 24.4. The largest absolute Gasteiger partial charge is 0.465 e. The molecule has 0 saturated carbocycles. The molecule has 0 bridgehead atoms. The molecule has 0 saturated heterocycles. The molecule has 10 nitrogen and oxygen atoms in total. The van der Waals surface area contributed by atoms with E-state index in [1.54, 1.807) is 41.1 Å². The number of ketones is 1. The lowest BCUT2D eigenvalue weighted by Gasteiger charge is -2.25. The van der Waals surface area contributed by atoms with Gasteiger partial charge in [-0.25, -0.2) is 4.79 Å². The molecule has 0 radical (unpaired) electrons. The van der Waals surface area contributed by atoms with Crippen LogP contribution in [0, 0.1) is 5.92 Å². The van der Waals surface area contributed by atoms with Crippen molar-refractivity contribution in [2.75, 3.05) is 30.5 Å². The van der Waals surface area contributed by atoms with Crippen LogP contribution in [0.25, 0.3) is 11.0 Å². The van der Waals surface area contributed by atoms with Crippen LogP contribution >= 0.6 is 0 Å². The number of nitrogens with one attached hydrogen (secondary N) is 1. The monoisotopic (exact) mass is 582 g/mol. The first-order chi connectivity index (χ1) is 20.8. The Morgan fingerprint density at radius 1 is 1.00 bits per heavy atom. The number of hydrogen-bond donors (Lipinski definition) is 1. The molecule has 1 aromatic heterocycles. The van der Waals surface area contributed by atoms with E-state index in [9.17, 15) is 19.2 Å². The summed E-state index contributed by atoms with van der Waals surface area (Å²) in [4.78, 5) is 56.0. The first-order valence-electron chi connectivity index (χ1n) is 14.3. The lowest BCUT2D eigenvalue weighted by Crippen LogP contribution is -2.40. The molecule has 222 valence electrons. The molecule has 4 aromatic rings. The fourth-order valence-electron chi connectivity index (χ4n) is 5.35. The van der Waals surface area contributed by atoms with Crippen molar-refractivity contribution in [3.05, 3.63) is 89.6 Å². The number of esters is 1. The number of ether oxygens (including phenoxy) is 1. The highest BCUT2D eigenvalue weighted by atomic mass is 16.5. The standard InChI is InChI=1S/C33H34N4O6/c1-21(34-2)29(38)13-8-9-24-19-36(31(39)22-15-17-23(18-16-22)33(41)42-3)27-11-5-6-12-28(27)37(32(24)40)20-26-25-10-4-7-14-30(25)43-35-26/h4-7,10-12,14-18,21,24,34H,8-9,13,19-20H2,1-3H3. The predicted octanol–water partition coefficient (Wildman–Crippen LogP) is 4.77. The number of carbonyl (C=O) groups excluding carboxylic acids is 4. The van der Waals surface area contributed by atoms with E-state index in [0.717, 1.165) is 5.39 Å². The number of benzene rings is 3. The maximum Gasteiger partial charge on any atom is 0.337 e. The number of nitrogens with zero attached hydrogens (tertiary/aromatic N) is 3. The Bertz CT molecular complexity index is 1650. The Morgan fingerprint density at radius 2 is 1.67 bits per heavy atom. The summed E-state index contributed by atoms with van der Waals surface area (Å²) >= 11 is 0. The van der Waals surface area contributed by atoms with Gasteiger partial charge in [0.15, 0.2) is 5.58 Å². The van der Waals surface area contributed by atoms with Gasteiger partial charge in [-0.2, -0.15) is 0 Å². The SMILES string of the molecule is CNC(C)C(=O)CCCC1CN(C(=O)c2ccc(C(=O)OC)cc2)c2ccccc2N(Cc2noc3ccccc23)C1=O. The molecule has 1 N–H and O–H groups in total. The molecule has 0 spiro atoms. The van der Waals surface area contributed by atoms with E-state index in [-0.39, 0.29) is 36.7 Å². The van der Waals surface area contributed by atoms with E-state index < -0.39 is 11.9 Å². The minimum atomic E-state index is -0.582.